The summed E-state index contributed by atoms with van der Waals surface area (Å²) in [7, 11) is -3.65. The molecule has 0 aromatic carbocycles. The summed E-state index contributed by atoms with van der Waals surface area (Å²) in [5, 5.41) is 14.8. The van der Waals surface area contributed by atoms with Crippen molar-refractivity contribution in [3.05, 3.63) is 28.8 Å². The van der Waals surface area contributed by atoms with Crippen LogP contribution in [0.15, 0.2) is 22.5 Å². The van der Waals surface area contributed by atoms with Crippen molar-refractivity contribution in [3.63, 3.8) is 0 Å². The minimum atomic E-state index is -3.65. The van der Waals surface area contributed by atoms with Crippen LogP contribution in [-0.4, -0.2) is 18.6 Å². The van der Waals surface area contributed by atoms with Crippen molar-refractivity contribution in [1.82, 2.24) is 10.2 Å². The summed E-state index contributed by atoms with van der Waals surface area (Å²) in [5.74, 6) is 0.0820. The van der Waals surface area contributed by atoms with E-state index in [9.17, 15) is 8.42 Å². The fourth-order valence-electron chi connectivity index (χ4n) is 1.19. The molecule has 0 fully saturated rings. The van der Waals surface area contributed by atoms with Crippen molar-refractivity contribution in [2.24, 2.45) is 0 Å². The molecule has 88 valence electrons. The van der Waals surface area contributed by atoms with Crippen LogP contribution in [0, 0.1) is 18.3 Å². The molecule has 0 spiro atoms. The summed E-state index contributed by atoms with van der Waals surface area (Å²) in [6.07, 6.45) is 1.26. The molecule has 8 heteroatoms. The number of aromatic nitrogens is 2. The minimum Gasteiger partial charge on any atom is -0.262 e. The monoisotopic (exact) mass is 268 g/mol. The van der Waals surface area contributed by atoms with E-state index in [1.54, 1.807) is 6.07 Å². The van der Waals surface area contributed by atoms with E-state index in [0.29, 0.717) is 0 Å². The Bertz CT molecular complexity index is 678. The standard InChI is InChI=1S/C9H8N4O2S2/c1-6-2-3-8(16-6)17(14,15)13-9-7(4-10)5-11-12-9/h2-3,5H,1H3,(H2,11,12,13). The third kappa shape index (κ3) is 2.30. The van der Waals surface area contributed by atoms with Gasteiger partial charge < -0.3 is 0 Å². The summed E-state index contributed by atoms with van der Waals surface area (Å²) in [6, 6.07) is 5.08. The molecule has 0 atom stereocenters. The molecular weight excluding hydrogens is 260 g/mol. The number of aromatic amines is 1. The topological polar surface area (TPSA) is 98.6 Å². The van der Waals surface area contributed by atoms with Crippen LogP contribution in [0.5, 0.6) is 0 Å². The van der Waals surface area contributed by atoms with Crippen molar-refractivity contribution in [2.75, 3.05) is 4.72 Å². The highest BCUT2D eigenvalue weighted by Gasteiger charge is 2.18. The molecule has 0 aliphatic carbocycles. The van der Waals surface area contributed by atoms with Gasteiger partial charge >= 0.3 is 0 Å². The van der Waals surface area contributed by atoms with Gasteiger partial charge in [0.2, 0.25) is 0 Å². The maximum Gasteiger partial charge on any atom is 0.272 e. The first-order chi connectivity index (χ1) is 8.03. The van der Waals surface area contributed by atoms with Crippen LogP contribution in [0.3, 0.4) is 0 Å². The lowest BCUT2D eigenvalue weighted by atomic mass is 10.4. The third-order valence-electron chi connectivity index (χ3n) is 1.98. The van der Waals surface area contributed by atoms with Gasteiger partial charge in [-0.25, -0.2) is 8.42 Å². The average Bonchev–Trinajstić information content (AvgIpc) is 2.86. The lowest BCUT2D eigenvalue weighted by molar-refractivity contribution is 0.603. The Hall–Kier alpha value is -1.85. The second-order valence-corrected chi connectivity index (χ2v) is 6.44. The predicted octanol–water partition coefficient (Wildman–Crippen LogP) is 1.45. The number of thiophene rings is 1. The van der Waals surface area contributed by atoms with Gasteiger partial charge in [-0.15, -0.1) is 11.3 Å². The van der Waals surface area contributed by atoms with Crippen molar-refractivity contribution in [2.45, 2.75) is 11.1 Å². The highest BCUT2D eigenvalue weighted by Crippen LogP contribution is 2.23. The molecule has 6 nitrogen and oxygen atoms in total. The molecule has 2 N–H and O–H groups in total. The molecule has 2 aromatic rings. The Morgan fingerprint density at radius 2 is 2.29 bits per heavy atom. The number of aryl methyl sites for hydroxylation is 1. The number of hydrogen-bond donors (Lipinski definition) is 2. The average molecular weight is 268 g/mol. The molecule has 2 heterocycles. The number of nitriles is 1. The number of rotatable bonds is 3. The van der Waals surface area contributed by atoms with Crippen LogP contribution in [-0.2, 0) is 10.0 Å². The zero-order chi connectivity index (χ0) is 12.5. The zero-order valence-corrected chi connectivity index (χ0v) is 10.4. The van der Waals surface area contributed by atoms with E-state index < -0.39 is 10.0 Å². The zero-order valence-electron chi connectivity index (χ0n) is 8.76. The number of sulfonamides is 1. The fraction of sp³-hybridized carbons (Fsp3) is 0.111. The summed E-state index contributed by atoms with van der Waals surface area (Å²) in [4.78, 5) is 0.899. The molecule has 0 saturated heterocycles. The number of anilines is 1. The number of H-pyrrole nitrogens is 1. The summed E-state index contributed by atoms with van der Waals surface area (Å²) >= 11 is 1.16. The van der Waals surface area contributed by atoms with Crippen molar-refractivity contribution in [3.8, 4) is 6.07 Å². The Kier molecular flexibility index (Phi) is 2.87. The molecule has 0 aliphatic rings. The van der Waals surface area contributed by atoms with Gasteiger partial charge in [-0.1, -0.05) is 0 Å². The smallest absolute Gasteiger partial charge is 0.262 e. The van der Waals surface area contributed by atoms with E-state index in [1.807, 2.05) is 13.0 Å². The Morgan fingerprint density at radius 3 is 2.88 bits per heavy atom. The first kappa shape index (κ1) is 11.6. The van der Waals surface area contributed by atoms with E-state index in [2.05, 4.69) is 14.9 Å². The summed E-state index contributed by atoms with van der Waals surface area (Å²) < 4.78 is 26.3. The van der Waals surface area contributed by atoms with Crippen molar-refractivity contribution in [1.29, 1.82) is 5.26 Å². The second-order valence-electron chi connectivity index (χ2n) is 3.24. The Labute approximate surface area is 102 Å². The SMILES string of the molecule is Cc1ccc(S(=O)(=O)Nc2[nH]ncc2C#N)s1. The maximum absolute atomic E-state index is 11.9. The van der Waals surface area contributed by atoms with Gasteiger partial charge in [0, 0.05) is 4.88 Å². The van der Waals surface area contributed by atoms with E-state index >= 15 is 0 Å². The minimum absolute atomic E-state index is 0.0820. The first-order valence-corrected chi connectivity index (χ1v) is 6.85. The third-order valence-corrected chi connectivity index (χ3v) is 4.82. The molecule has 17 heavy (non-hydrogen) atoms. The van der Waals surface area contributed by atoms with E-state index in [-0.39, 0.29) is 15.6 Å². The molecule has 0 aliphatic heterocycles. The van der Waals surface area contributed by atoms with E-state index in [0.717, 1.165) is 16.2 Å². The lowest BCUT2D eigenvalue weighted by Gasteiger charge is -2.03. The largest absolute Gasteiger partial charge is 0.272 e. The van der Waals surface area contributed by atoms with Crippen LogP contribution in [0.25, 0.3) is 0 Å². The highest BCUT2D eigenvalue weighted by molar-refractivity contribution is 7.94. The van der Waals surface area contributed by atoms with Gasteiger partial charge in [0.05, 0.1) is 6.20 Å². The van der Waals surface area contributed by atoms with Crippen LogP contribution in [0.4, 0.5) is 5.82 Å². The van der Waals surface area contributed by atoms with Crippen LogP contribution >= 0.6 is 11.3 Å². The summed E-state index contributed by atoms with van der Waals surface area (Å²) in [5.41, 5.74) is 0.154. The molecule has 0 bridgehead atoms. The Morgan fingerprint density at radius 1 is 1.53 bits per heavy atom. The molecule has 2 aromatic heterocycles. The maximum atomic E-state index is 11.9. The fourth-order valence-corrected chi connectivity index (χ4v) is 3.51. The number of hydrogen-bond acceptors (Lipinski definition) is 5. The Balaban J connectivity index is 2.34. The lowest BCUT2D eigenvalue weighted by Crippen LogP contribution is -2.12. The van der Waals surface area contributed by atoms with Crippen molar-refractivity contribution < 1.29 is 8.42 Å². The van der Waals surface area contributed by atoms with Gasteiger partial charge in [-0.3, -0.25) is 9.82 Å². The number of nitrogens with one attached hydrogen (secondary N) is 2. The quantitative estimate of drug-likeness (QED) is 0.880. The van der Waals surface area contributed by atoms with Gasteiger partial charge in [-0.2, -0.15) is 10.4 Å². The van der Waals surface area contributed by atoms with Gasteiger partial charge in [0.15, 0.2) is 5.82 Å². The normalized spacial score (nSPS) is 11.1. The van der Waals surface area contributed by atoms with Gasteiger partial charge in [-0.05, 0) is 19.1 Å². The predicted molar refractivity (Wildman–Crippen MR) is 63.2 cm³/mol. The van der Waals surface area contributed by atoms with Crippen molar-refractivity contribution >= 4 is 27.2 Å². The van der Waals surface area contributed by atoms with Crippen LogP contribution in [0.1, 0.15) is 10.4 Å². The molecule has 0 amide bonds. The molecule has 0 unspecified atom stereocenters. The van der Waals surface area contributed by atoms with Gasteiger partial charge in [0.1, 0.15) is 15.8 Å². The summed E-state index contributed by atoms with van der Waals surface area (Å²) in [6.45, 7) is 1.82. The molecule has 0 radical (unpaired) electrons. The number of nitrogens with zero attached hydrogens (tertiary/aromatic N) is 2. The van der Waals surface area contributed by atoms with Crippen LogP contribution in [0.2, 0.25) is 0 Å². The van der Waals surface area contributed by atoms with Crippen LogP contribution < -0.4 is 4.72 Å². The second kappa shape index (κ2) is 4.20. The highest BCUT2D eigenvalue weighted by atomic mass is 32.2. The molecular formula is C9H8N4O2S2. The molecule has 2 rings (SSSR count). The van der Waals surface area contributed by atoms with E-state index in [4.69, 9.17) is 5.26 Å². The molecule has 0 saturated carbocycles. The van der Waals surface area contributed by atoms with E-state index in [1.165, 1.54) is 12.3 Å². The van der Waals surface area contributed by atoms with Gasteiger partial charge in [0.25, 0.3) is 10.0 Å². The first-order valence-electron chi connectivity index (χ1n) is 4.55.